The second-order valence-electron chi connectivity index (χ2n) is 5.33. The van der Waals surface area contributed by atoms with Gasteiger partial charge in [-0.05, 0) is 43.2 Å². The summed E-state index contributed by atoms with van der Waals surface area (Å²) >= 11 is 1.96. The molecule has 1 saturated heterocycles. The molecule has 0 aromatic heterocycles. The van der Waals surface area contributed by atoms with E-state index in [4.69, 9.17) is 0 Å². The predicted octanol–water partition coefficient (Wildman–Crippen LogP) is 4.64. The van der Waals surface area contributed by atoms with Crippen molar-refractivity contribution in [2.75, 3.05) is 5.75 Å². The molecule has 1 aliphatic rings. The van der Waals surface area contributed by atoms with Gasteiger partial charge in [-0.25, -0.2) is 0 Å². The maximum Gasteiger partial charge on any atom is 0.416 e. The van der Waals surface area contributed by atoms with Gasteiger partial charge >= 0.3 is 6.18 Å². The highest BCUT2D eigenvalue weighted by Gasteiger charge is 2.30. The van der Waals surface area contributed by atoms with Gasteiger partial charge in [-0.1, -0.05) is 19.1 Å². The van der Waals surface area contributed by atoms with Gasteiger partial charge in [0.1, 0.15) is 0 Å². The van der Waals surface area contributed by atoms with Crippen LogP contribution in [-0.4, -0.2) is 17.0 Å². The van der Waals surface area contributed by atoms with E-state index in [1.54, 1.807) is 12.1 Å². The van der Waals surface area contributed by atoms with Crippen molar-refractivity contribution in [3.05, 3.63) is 35.4 Å². The van der Waals surface area contributed by atoms with E-state index in [0.717, 1.165) is 24.1 Å². The predicted molar refractivity (Wildman–Crippen MR) is 77.9 cm³/mol. The van der Waals surface area contributed by atoms with Crippen molar-refractivity contribution in [1.82, 2.24) is 5.32 Å². The number of thioether (sulfide) groups is 1. The Balaban J connectivity index is 2.00. The lowest BCUT2D eigenvalue weighted by molar-refractivity contribution is -0.137. The Morgan fingerprint density at radius 1 is 1.25 bits per heavy atom. The van der Waals surface area contributed by atoms with Crippen molar-refractivity contribution >= 4 is 11.8 Å². The third-order valence-electron chi connectivity index (χ3n) is 3.81. The molecule has 5 heteroatoms. The van der Waals surface area contributed by atoms with Crippen LogP contribution in [0, 0.1) is 0 Å². The fourth-order valence-corrected chi connectivity index (χ4v) is 3.67. The van der Waals surface area contributed by atoms with Crippen molar-refractivity contribution in [2.24, 2.45) is 0 Å². The first-order chi connectivity index (χ1) is 9.38. The van der Waals surface area contributed by atoms with E-state index in [1.807, 2.05) is 18.7 Å². The van der Waals surface area contributed by atoms with Crippen molar-refractivity contribution in [2.45, 2.75) is 50.2 Å². The first-order valence-corrected chi connectivity index (χ1v) is 7.97. The zero-order valence-corrected chi connectivity index (χ0v) is 12.5. The lowest BCUT2D eigenvalue weighted by Crippen LogP contribution is -2.40. The molecular formula is C15H20F3NS. The quantitative estimate of drug-likeness (QED) is 0.873. The minimum Gasteiger partial charge on any atom is -0.306 e. The van der Waals surface area contributed by atoms with Crippen molar-refractivity contribution in [3.63, 3.8) is 0 Å². The highest BCUT2D eigenvalue weighted by Crippen LogP contribution is 2.31. The molecule has 20 heavy (non-hydrogen) atoms. The zero-order valence-electron chi connectivity index (χ0n) is 11.7. The first-order valence-electron chi connectivity index (χ1n) is 6.92. The minimum atomic E-state index is -4.26. The van der Waals surface area contributed by atoms with Gasteiger partial charge < -0.3 is 5.32 Å². The third-order valence-corrected chi connectivity index (χ3v) is 5.19. The number of alkyl halides is 3. The normalized spacial score (nSPS) is 25.4. The van der Waals surface area contributed by atoms with E-state index < -0.39 is 11.7 Å². The highest BCUT2D eigenvalue weighted by atomic mass is 32.2. The average Bonchev–Trinajstić information content (AvgIpc) is 2.40. The summed E-state index contributed by atoms with van der Waals surface area (Å²) in [6, 6.07) is 5.97. The van der Waals surface area contributed by atoms with Crippen molar-refractivity contribution in [1.29, 1.82) is 0 Å². The first kappa shape index (κ1) is 15.7. The molecule has 1 nitrogen and oxygen atoms in total. The van der Waals surface area contributed by atoms with Crippen LogP contribution in [0.1, 0.15) is 43.9 Å². The molecule has 0 radical (unpaired) electrons. The zero-order chi connectivity index (χ0) is 14.8. The SMILES string of the molecule is CC(NC1CCCSC1C)c1ccc(C(F)(F)F)cc1. The number of benzene rings is 1. The monoisotopic (exact) mass is 303 g/mol. The van der Waals surface area contributed by atoms with Crippen LogP contribution in [0.5, 0.6) is 0 Å². The second-order valence-corrected chi connectivity index (χ2v) is 6.82. The fraction of sp³-hybridized carbons (Fsp3) is 0.600. The second kappa shape index (κ2) is 6.39. The summed E-state index contributed by atoms with van der Waals surface area (Å²) < 4.78 is 37.6. The number of nitrogens with one attached hydrogen (secondary N) is 1. The van der Waals surface area contributed by atoms with E-state index in [9.17, 15) is 13.2 Å². The van der Waals surface area contributed by atoms with Gasteiger partial charge in [0.2, 0.25) is 0 Å². The Morgan fingerprint density at radius 3 is 2.45 bits per heavy atom. The molecular weight excluding hydrogens is 283 g/mol. The molecule has 3 atom stereocenters. The molecule has 1 aliphatic heterocycles. The van der Waals surface area contributed by atoms with E-state index in [2.05, 4.69) is 12.2 Å². The molecule has 1 aromatic rings. The van der Waals surface area contributed by atoms with Crippen molar-refractivity contribution < 1.29 is 13.2 Å². The summed E-state index contributed by atoms with van der Waals surface area (Å²) in [5.74, 6) is 1.20. The largest absolute Gasteiger partial charge is 0.416 e. The summed E-state index contributed by atoms with van der Waals surface area (Å²) in [7, 11) is 0. The van der Waals surface area contributed by atoms with Gasteiger partial charge in [-0.2, -0.15) is 24.9 Å². The molecule has 1 N–H and O–H groups in total. The van der Waals surface area contributed by atoms with Crippen LogP contribution in [0.3, 0.4) is 0 Å². The molecule has 0 amide bonds. The van der Waals surface area contributed by atoms with Gasteiger partial charge in [0.25, 0.3) is 0 Å². The summed E-state index contributed by atoms with van der Waals surface area (Å²) in [6.45, 7) is 4.22. The summed E-state index contributed by atoms with van der Waals surface area (Å²) in [6.07, 6.45) is -1.92. The molecule has 0 saturated carbocycles. The third kappa shape index (κ3) is 3.92. The lowest BCUT2D eigenvalue weighted by Gasteiger charge is -2.32. The Morgan fingerprint density at radius 2 is 1.90 bits per heavy atom. The number of halogens is 3. The fourth-order valence-electron chi connectivity index (χ4n) is 2.52. The molecule has 0 spiro atoms. The molecule has 112 valence electrons. The topological polar surface area (TPSA) is 12.0 Å². The van der Waals surface area contributed by atoms with E-state index >= 15 is 0 Å². The van der Waals surface area contributed by atoms with Crippen LogP contribution in [0.4, 0.5) is 13.2 Å². The lowest BCUT2D eigenvalue weighted by atomic mass is 10.0. The molecule has 1 fully saturated rings. The van der Waals surface area contributed by atoms with Crippen molar-refractivity contribution in [3.8, 4) is 0 Å². The number of rotatable bonds is 3. The van der Waals surface area contributed by atoms with Gasteiger partial charge in [0.15, 0.2) is 0 Å². The molecule has 2 rings (SSSR count). The van der Waals surface area contributed by atoms with Crippen LogP contribution in [-0.2, 0) is 6.18 Å². The van der Waals surface area contributed by atoms with Gasteiger partial charge in [0.05, 0.1) is 5.56 Å². The summed E-state index contributed by atoms with van der Waals surface area (Å²) in [5, 5.41) is 4.10. The Labute approximate surface area is 122 Å². The molecule has 1 aromatic carbocycles. The Hall–Kier alpha value is -0.680. The molecule has 1 heterocycles. The summed E-state index contributed by atoms with van der Waals surface area (Å²) in [5.41, 5.74) is 0.316. The highest BCUT2D eigenvalue weighted by molar-refractivity contribution is 7.99. The molecule has 0 bridgehead atoms. The van der Waals surface area contributed by atoms with Crippen LogP contribution in [0.2, 0.25) is 0 Å². The van der Waals surface area contributed by atoms with Crippen LogP contribution in [0.15, 0.2) is 24.3 Å². The Bertz CT molecular complexity index is 430. The average molecular weight is 303 g/mol. The molecule has 3 unspecified atom stereocenters. The smallest absolute Gasteiger partial charge is 0.306 e. The number of hydrogen-bond acceptors (Lipinski definition) is 2. The summed E-state index contributed by atoms with van der Waals surface area (Å²) in [4.78, 5) is 0. The maximum atomic E-state index is 12.5. The van der Waals surface area contributed by atoms with E-state index in [0.29, 0.717) is 11.3 Å². The number of hydrogen-bond donors (Lipinski definition) is 1. The maximum absolute atomic E-state index is 12.5. The molecule has 0 aliphatic carbocycles. The van der Waals surface area contributed by atoms with Gasteiger partial charge in [0, 0.05) is 17.3 Å². The van der Waals surface area contributed by atoms with Crippen LogP contribution < -0.4 is 5.32 Å². The van der Waals surface area contributed by atoms with Gasteiger partial charge in [-0.3, -0.25) is 0 Å². The van der Waals surface area contributed by atoms with Crippen LogP contribution in [0.25, 0.3) is 0 Å². The van der Waals surface area contributed by atoms with Crippen LogP contribution >= 0.6 is 11.8 Å². The van der Waals surface area contributed by atoms with E-state index in [-0.39, 0.29) is 6.04 Å². The van der Waals surface area contributed by atoms with Gasteiger partial charge in [-0.15, -0.1) is 0 Å². The Kier molecular flexibility index (Phi) is 5.02. The van der Waals surface area contributed by atoms with E-state index in [1.165, 1.54) is 12.2 Å². The standard InChI is InChI=1S/C15H20F3NS/c1-10(19-14-4-3-9-20-11(14)2)12-5-7-13(8-6-12)15(16,17)18/h5-8,10-11,14,19H,3-4,9H2,1-2H3. The minimum absolute atomic E-state index is 0.0726.